The highest BCUT2D eigenvalue weighted by molar-refractivity contribution is 6.00. The molecule has 5 amide bonds. The summed E-state index contributed by atoms with van der Waals surface area (Å²) < 4.78 is 5.39. The molecule has 5 atom stereocenters. The van der Waals surface area contributed by atoms with E-state index in [1.54, 1.807) is 24.3 Å². The molecular weight excluding hydrogens is 724 g/mol. The predicted octanol–water partition coefficient (Wildman–Crippen LogP) is 0.917. The normalized spacial score (nSPS) is 15.6. The molecule has 0 heterocycles. The molecule has 56 heavy (non-hydrogen) atoms. The Morgan fingerprint density at radius 3 is 1.89 bits per heavy atom. The predicted molar refractivity (Wildman–Crippen MR) is 206 cm³/mol. The lowest BCUT2D eigenvalue weighted by Gasteiger charge is -2.29. The summed E-state index contributed by atoms with van der Waals surface area (Å²) in [5, 5.41) is 32.1. The first-order valence-electron chi connectivity index (χ1n) is 18.9. The number of ether oxygens (including phenoxy) is 1. The van der Waals surface area contributed by atoms with Gasteiger partial charge in [0.1, 0.15) is 30.2 Å². The molecule has 0 aromatic heterocycles. The zero-order chi connectivity index (χ0) is 41.4. The highest BCUT2D eigenvalue weighted by atomic mass is 16.5. The molecular formula is C40H57N6O10+. The molecule has 306 valence electrons. The number of amides is 5. The third-order valence-electron chi connectivity index (χ3n) is 9.68. The molecule has 16 nitrogen and oxygen atoms in total. The van der Waals surface area contributed by atoms with Gasteiger partial charge in [-0.15, -0.1) is 0 Å². The Kier molecular flexibility index (Phi) is 17.4. The number of aliphatic carboxylic acids is 1. The Balaban J connectivity index is 1.76. The Morgan fingerprint density at radius 2 is 1.32 bits per heavy atom. The first kappa shape index (κ1) is 45.0. The van der Waals surface area contributed by atoms with Crippen molar-refractivity contribution in [1.82, 2.24) is 26.6 Å². The van der Waals surface area contributed by atoms with Crippen LogP contribution in [-0.4, -0.2) is 128 Å². The number of carbonyl (C=O) groups excluding carboxylic acids is 6. The molecule has 0 bridgehead atoms. The van der Waals surface area contributed by atoms with Gasteiger partial charge in [-0.3, -0.25) is 24.0 Å². The van der Waals surface area contributed by atoms with Crippen LogP contribution in [0.15, 0.2) is 54.6 Å². The summed E-state index contributed by atoms with van der Waals surface area (Å²) in [6, 6.07) is 8.67. The molecule has 0 radical (unpaired) electrons. The zero-order valence-corrected chi connectivity index (χ0v) is 32.8. The second-order valence-corrected chi connectivity index (χ2v) is 15.2. The number of carbonyl (C=O) groups is 7. The fourth-order valence-electron chi connectivity index (χ4n) is 6.44. The molecule has 0 spiro atoms. The Hall–Kier alpha value is -5.35. The van der Waals surface area contributed by atoms with E-state index in [2.05, 4.69) is 26.6 Å². The van der Waals surface area contributed by atoms with Crippen molar-refractivity contribution < 1.29 is 53.0 Å². The van der Waals surface area contributed by atoms with Crippen molar-refractivity contribution in [2.75, 3.05) is 41.4 Å². The van der Waals surface area contributed by atoms with Crippen LogP contribution >= 0.6 is 0 Å². The number of rotatable bonds is 21. The maximum atomic E-state index is 13.9. The van der Waals surface area contributed by atoms with E-state index in [0.717, 1.165) is 31.4 Å². The van der Waals surface area contributed by atoms with E-state index in [9.17, 15) is 43.8 Å². The molecule has 3 rings (SSSR count). The minimum Gasteiger partial charge on any atom is -0.480 e. The number of quaternary nitrogens is 1. The summed E-state index contributed by atoms with van der Waals surface area (Å²) in [7, 11) is 7.32. The van der Waals surface area contributed by atoms with Crippen molar-refractivity contribution in [3.63, 3.8) is 0 Å². The van der Waals surface area contributed by atoms with Gasteiger partial charge >= 0.3 is 11.9 Å². The highest BCUT2D eigenvalue weighted by Gasteiger charge is 2.36. The monoisotopic (exact) mass is 781 g/mol. The fraction of sp³-hybridized carbons (Fsp3) is 0.525. The van der Waals surface area contributed by atoms with Crippen LogP contribution in [0, 0.1) is 5.92 Å². The van der Waals surface area contributed by atoms with Crippen LogP contribution < -0.4 is 26.6 Å². The number of hydrogen-bond donors (Lipinski definition) is 7. The van der Waals surface area contributed by atoms with Crippen molar-refractivity contribution in [1.29, 1.82) is 0 Å². The van der Waals surface area contributed by atoms with Crippen LogP contribution in [0.25, 0.3) is 0 Å². The van der Waals surface area contributed by atoms with Crippen molar-refractivity contribution in [3.8, 4) is 0 Å². The van der Waals surface area contributed by atoms with Gasteiger partial charge in [0.15, 0.2) is 0 Å². The van der Waals surface area contributed by atoms with Gasteiger partial charge in [0.2, 0.25) is 23.6 Å². The third kappa shape index (κ3) is 14.4. The number of benzene rings is 2. The number of nitrogens with one attached hydrogen (secondary N) is 5. The highest BCUT2D eigenvalue weighted by Crippen LogP contribution is 2.28. The Labute approximate surface area is 327 Å². The van der Waals surface area contributed by atoms with E-state index in [1.165, 1.54) is 38.3 Å². The minimum atomic E-state index is -1.56. The molecule has 1 fully saturated rings. The van der Waals surface area contributed by atoms with Gasteiger partial charge in [0.25, 0.3) is 5.91 Å². The molecule has 2 aromatic rings. The number of aliphatic hydroxyl groups is 1. The van der Waals surface area contributed by atoms with Crippen LogP contribution in [0.3, 0.4) is 0 Å². The quantitative estimate of drug-likeness (QED) is 0.0538. The second-order valence-electron chi connectivity index (χ2n) is 15.2. The van der Waals surface area contributed by atoms with Crippen LogP contribution in [0.5, 0.6) is 0 Å². The van der Waals surface area contributed by atoms with Crippen LogP contribution in [0.4, 0.5) is 0 Å². The number of unbranched alkanes of at least 4 members (excludes halogenated alkanes) is 1. The van der Waals surface area contributed by atoms with Crippen LogP contribution in [-0.2, 0) is 35.1 Å². The van der Waals surface area contributed by atoms with Gasteiger partial charge in [-0.1, -0.05) is 43.2 Å². The van der Waals surface area contributed by atoms with E-state index in [0.29, 0.717) is 23.7 Å². The van der Waals surface area contributed by atoms with Gasteiger partial charge in [0, 0.05) is 12.0 Å². The average molecular weight is 782 g/mol. The number of hydrogen-bond acceptors (Lipinski definition) is 9. The van der Waals surface area contributed by atoms with E-state index in [1.807, 2.05) is 27.2 Å². The molecule has 0 saturated heterocycles. The summed E-state index contributed by atoms with van der Waals surface area (Å²) in [6.07, 6.45) is 4.47. The van der Waals surface area contributed by atoms with Crippen LogP contribution in [0.1, 0.15) is 78.1 Å². The lowest BCUT2D eigenvalue weighted by atomic mass is 9.96. The first-order chi connectivity index (χ1) is 26.5. The Morgan fingerprint density at radius 1 is 0.732 bits per heavy atom. The van der Waals surface area contributed by atoms with Crippen molar-refractivity contribution in [3.05, 3.63) is 71.3 Å². The maximum absolute atomic E-state index is 13.9. The van der Waals surface area contributed by atoms with Crippen molar-refractivity contribution in [2.45, 2.75) is 88.5 Å². The van der Waals surface area contributed by atoms with Crippen LogP contribution in [0.2, 0.25) is 0 Å². The minimum absolute atomic E-state index is 0.0946. The number of esters is 1. The second kappa shape index (κ2) is 21.7. The van der Waals surface area contributed by atoms with Gasteiger partial charge in [0.05, 0.1) is 47.0 Å². The lowest BCUT2D eigenvalue weighted by molar-refractivity contribution is -0.870. The Bertz CT molecular complexity index is 1660. The van der Waals surface area contributed by atoms with Gasteiger partial charge in [-0.2, -0.15) is 0 Å². The number of methoxy groups -OCH3 is 1. The molecule has 2 aromatic carbocycles. The van der Waals surface area contributed by atoms with E-state index in [4.69, 9.17) is 4.74 Å². The maximum Gasteiger partial charge on any atom is 0.337 e. The zero-order valence-electron chi connectivity index (χ0n) is 32.8. The number of nitrogens with zero attached hydrogens (tertiary/aromatic N) is 1. The molecule has 1 unspecified atom stereocenters. The molecule has 1 saturated carbocycles. The summed E-state index contributed by atoms with van der Waals surface area (Å²) in [6.45, 7) is 1.41. The smallest absolute Gasteiger partial charge is 0.337 e. The lowest BCUT2D eigenvalue weighted by Crippen LogP contribution is -2.60. The first-order valence-corrected chi connectivity index (χ1v) is 18.9. The average Bonchev–Trinajstić information content (AvgIpc) is 3.71. The van der Waals surface area contributed by atoms with E-state index in [-0.39, 0.29) is 29.9 Å². The van der Waals surface area contributed by atoms with Crippen molar-refractivity contribution >= 4 is 41.5 Å². The van der Waals surface area contributed by atoms with Gasteiger partial charge in [-0.25, -0.2) is 9.59 Å². The summed E-state index contributed by atoms with van der Waals surface area (Å²) in [5.74, 6) is -5.55. The van der Waals surface area contributed by atoms with E-state index < -0.39 is 78.3 Å². The SMILES string of the molecule is COC(=O)c1ccc(C(=O)N[C@@H](Cc2ccccc2)C(=O)N[C@@H](C)C(=O)NC(C(=O)N[C@@H](CCCC[N+](C)(C)C)C(=O)N[C@H](CO)C(=O)O)C2CCCC2)cc1. The molecule has 0 aliphatic heterocycles. The number of aliphatic hydroxyl groups excluding tert-OH is 1. The fourth-order valence-corrected chi connectivity index (χ4v) is 6.44. The molecule has 1 aliphatic rings. The third-order valence-corrected chi connectivity index (χ3v) is 9.68. The summed E-state index contributed by atoms with van der Waals surface area (Å²) >= 11 is 0. The van der Waals surface area contributed by atoms with Crippen molar-refractivity contribution in [2.24, 2.45) is 5.92 Å². The number of carboxylic acids is 1. The van der Waals surface area contributed by atoms with Gasteiger partial charge in [-0.05, 0) is 74.8 Å². The topological polar surface area (TPSA) is 229 Å². The summed E-state index contributed by atoms with van der Waals surface area (Å²) in [5.41, 5.74) is 1.18. The summed E-state index contributed by atoms with van der Waals surface area (Å²) in [4.78, 5) is 91.2. The van der Waals surface area contributed by atoms with Gasteiger partial charge < -0.3 is 46.0 Å². The largest absolute Gasteiger partial charge is 0.480 e. The molecule has 16 heteroatoms. The molecule has 7 N–H and O–H groups in total. The standard InChI is InChI=1S/C40H56N6O10/c1-25(41-37(51)31(23-26-13-7-6-8-14-26)43-35(49)28-18-20-29(21-19-28)40(55)56-5)34(48)45-33(27-15-9-10-16-27)38(52)42-30(17-11-12-22-46(2,3)4)36(50)44-32(24-47)39(53)54/h6-8,13-14,18-21,25,27,30-33,47H,9-12,15-17,22-24H2,1-5H3,(H5-,41,42,43,44,45,48,49,50,51,52,53,54)/p+1/t25-,30-,31-,32+,33?/m0/s1. The number of carboxylic acid groups (broad SMARTS) is 1. The van der Waals surface area contributed by atoms with E-state index >= 15 is 0 Å². The molecule has 1 aliphatic carbocycles.